The molecule has 5 nitrogen and oxygen atoms in total. The predicted molar refractivity (Wildman–Crippen MR) is 74.0 cm³/mol. The first-order chi connectivity index (χ1) is 9.01. The topological polar surface area (TPSA) is 56.2 Å². The first-order valence-corrected chi connectivity index (χ1v) is 6.21. The summed E-state index contributed by atoms with van der Waals surface area (Å²) in [7, 11) is 3.15. The predicted octanol–water partition coefficient (Wildman–Crippen LogP) is 1.50. The Morgan fingerprint density at radius 2 is 2.16 bits per heavy atom. The van der Waals surface area contributed by atoms with Crippen LogP contribution in [-0.2, 0) is 16.1 Å². The lowest BCUT2D eigenvalue weighted by atomic mass is 10.0. The highest BCUT2D eigenvalue weighted by Gasteiger charge is 2.34. The summed E-state index contributed by atoms with van der Waals surface area (Å²) in [4.78, 5) is 16.4. The van der Waals surface area contributed by atoms with Crippen LogP contribution in [0.5, 0.6) is 0 Å². The molecule has 19 heavy (non-hydrogen) atoms. The summed E-state index contributed by atoms with van der Waals surface area (Å²) in [6.07, 6.45) is 0. The third-order valence-electron chi connectivity index (χ3n) is 3.51. The zero-order chi connectivity index (χ0) is 14.0. The van der Waals surface area contributed by atoms with E-state index in [4.69, 9.17) is 4.74 Å². The van der Waals surface area contributed by atoms with Crippen molar-refractivity contribution in [1.29, 1.82) is 0 Å². The van der Waals surface area contributed by atoms with Crippen LogP contribution in [0.1, 0.15) is 12.7 Å². The second-order valence-electron chi connectivity index (χ2n) is 4.81. The minimum Gasteiger partial charge on any atom is -0.468 e. The van der Waals surface area contributed by atoms with Crippen molar-refractivity contribution in [2.75, 3.05) is 14.2 Å². The lowest BCUT2D eigenvalue weighted by molar-refractivity contribution is -0.148. The molecular weight excluding hydrogens is 242 g/mol. The van der Waals surface area contributed by atoms with E-state index < -0.39 is 5.54 Å². The Labute approximate surface area is 112 Å². The molecule has 1 unspecified atom stereocenters. The fourth-order valence-corrected chi connectivity index (χ4v) is 2.18. The highest BCUT2D eigenvalue weighted by molar-refractivity contribution is 5.81. The molecule has 2 rings (SSSR count). The number of nitrogens with one attached hydrogen (secondary N) is 1. The zero-order valence-corrected chi connectivity index (χ0v) is 11.7. The molecule has 2 aromatic rings. The number of aryl methyl sites for hydroxylation is 1. The molecule has 102 valence electrons. The summed E-state index contributed by atoms with van der Waals surface area (Å²) in [6, 6.07) is 7.89. The van der Waals surface area contributed by atoms with E-state index in [0.29, 0.717) is 6.54 Å². The number of ether oxygens (including phenoxy) is 1. The Hall–Kier alpha value is -1.88. The molecule has 0 radical (unpaired) electrons. The molecule has 5 heteroatoms. The van der Waals surface area contributed by atoms with Gasteiger partial charge in [0, 0.05) is 0 Å². The van der Waals surface area contributed by atoms with Gasteiger partial charge in [0.15, 0.2) is 0 Å². The Bertz CT molecular complexity index is 606. The molecule has 0 amide bonds. The minimum atomic E-state index is -0.775. The summed E-state index contributed by atoms with van der Waals surface area (Å²) in [5, 5.41) is 3.04. The van der Waals surface area contributed by atoms with E-state index in [2.05, 4.69) is 10.3 Å². The van der Waals surface area contributed by atoms with E-state index in [9.17, 15) is 4.79 Å². The maximum atomic E-state index is 11.9. The van der Waals surface area contributed by atoms with Gasteiger partial charge in [-0.05, 0) is 33.0 Å². The molecule has 0 fully saturated rings. The number of aromatic nitrogens is 2. The number of carbonyl (C=O) groups excluding carboxylic acids is 1. The first-order valence-electron chi connectivity index (χ1n) is 6.21. The monoisotopic (exact) mass is 261 g/mol. The van der Waals surface area contributed by atoms with Gasteiger partial charge in [-0.2, -0.15) is 0 Å². The van der Waals surface area contributed by atoms with Gasteiger partial charge in [0.2, 0.25) is 0 Å². The van der Waals surface area contributed by atoms with Crippen LogP contribution in [0.2, 0.25) is 0 Å². The fourth-order valence-electron chi connectivity index (χ4n) is 2.18. The Morgan fingerprint density at radius 1 is 1.47 bits per heavy atom. The third-order valence-corrected chi connectivity index (χ3v) is 3.51. The second-order valence-corrected chi connectivity index (χ2v) is 4.81. The van der Waals surface area contributed by atoms with Crippen molar-refractivity contribution in [1.82, 2.24) is 14.9 Å². The van der Waals surface area contributed by atoms with E-state index in [1.165, 1.54) is 7.11 Å². The number of fused-ring (bicyclic) bond motifs is 1. The number of methoxy groups -OCH3 is 1. The molecule has 0 spiro atoms. The van der Waals surface area contributed by atoms with Crippen LogP contribution in [0.25, 0.3) is 11.0 Å². The number of rotatable bonds is 4. The molecule has 1 aromatic carbocycles. The number of imidazole rings is 1. The number of nitrogens with zero attached hydrogens (tertiary/aromatic N) is 2. The maximum absolute atomic E-state index is 11.9. The van der Waals surface area contributed by atoms with E-state index in [-0.39, 0.29) is 5.97 Å². The number of likely N-dealkylation sites (N-methyl/N-ethyl adjacent to an activating group) is 1. The van der Waals surface area contributed by atoms with E-state index in [1.54, 1.807) is 7.05 Å². The average Bonchev–Trinajstić information content (AvgIpc) is 2.74. The molecule has 0 saturated carbocycles. The highest BCUT2D eigenvalue weighted by atomic mass is 16.5. The standard InChI is InChI=1S/C14H19N3O2/c1-10-16-11-7-5-6-8-12(11)17(10)9-14(2,15-3)13(18)19-4/h5-8,15H,9H2,1-4H3. The molecule has 0 bridgehead atoms. The molecule has 0 aliphatic carbocycles. The maximum Gasteiger partial charge on any atom is 0.327 e. The van der Waals surface area contributed by atoms with Crippen molar-refractivity contribution in [3.63, 3.8) is 0 Å². The number of esters is 1. The summed E-state index contributed by atoms with van der Waals surface area (Å²) >= 11 is 0. The Kier molecular flexibility index (Phi) is 3.57. The minimum absolute atomic E-state index is 0.285. The smallest absolute Gasteiger partial charge is 0.327 e. The largest absolute Gasteiger partial charge is 0.468 e. The van der Waals surface area contributed by atoms with Crippen LogP contribution in [-0.4, -0.2) is 35.2 Å². The van der Waals surface area contributed by atoms with Gasteiger partial charge in [-0.3, -0.25) is 0 Å². The van der Waals surface area contributed by atoms with Crippen molar-refractivity contribution in [2.24, 2.45) is 0 Å². The Balaban J connectivity index is 2.45. The molecule has 1 atom stereocenters. The van der Waals surface area contributed by atoms with Crippen LogP contribution in [0.4, 0.5) is 0 Å². The molecule has 0 saturated heterocycles. The highest BCUT2D eigenvalue weighted by Crippen LogP contribution is 2.19. The summed E-state index contributed by atoms with van der Waals surface area (Å²) in [6.45, 7) is 4.24. The second kappa shape index (κ2) is 5.01. The summed E-state index contributed by atoms with van der Waals surface area (Å²) < 4.78 is 6.90. The van der Waals surface area contributed by atoms with Gasteiger partial charge in [-0.25, -0.2) is 9.78 Å². The number of hydrogen-bond donors (Lipinski definition) is 1. The van der Waals surface area contributed by atoms with Gasteiger partial charge in [0.05, 0.1) is 24.7 Å². The molecular formula is C14H19N3O2. The molecule has 0 aliphatic rings. The van der Waals surface area contributed by atoms with Crippen LogP contribution in [0.15, 0.2) is 24.3 Å². The van der Waals surface area contributed by atoms with Gasteiger partial charge in [-0.1, -0.05) is 12.1 Å². The van der Waals surface area contributed by atoms with Crippen molar-refractivity contribution in [3.05, 3.63) is 30.1 Å². The average molecular weight is 261 g/mol. The molecule has 1 aromatic heterocycles. The van der Waals surface area contributed by atoms with E-state index in [0.717, 1.165) is 16.9 Å². The number of carbonyl (C=O) groups is 1. The van der Waals surface area contributed by atoms with E-state index >= 15 is 0 Å². The molecule has 1 heterocycles. The Morgan fingerprint density at radius 3 is 2.79 bits per heavy atom. The van der Waals surface area contributed by atoms with Crippen LogP contribution in [0, 0.1) is 6.92 Å². The van der Waals surface area contributed by atoms with Crippen LogP contribution in [0.3, 0.4) is 0 Å². The quantitative estimate of drug-likeness (QED) is 0.847. The van der Waals surface area contributed by atoms with Crippen molar-refractivity contribution in [2.45, 2.75) is 25.9 Å². The lowest BCUT2D eigenvalue weighted by Crippen LogP contribution is -2.51. The normalized spacial score (nSPS) is 14.3. The zero-order valence-electron chi connectivity index (χ0n) is 11.7. The van der Waals surface area contributed by atoms with Gasteiger partial charge in [0.25, 0.3) is 0 Å². The summed E-state index contributed by atoms with van der Waals surface area (Å²) in [5.41, 5.74) is 1.18. The van der Waals surface area contributed by atoms with Crippen molar-refractivity contribution >= 4 is 17.0 Å². The van der Waals surface area contributed by atoms with Crippen molar-refractivity contribution in [3.8, 4) is 0 Å². The van der Waals surface area contributed by atoms with Crippen LogP contribution >= 0.6 is 0 Å². The first kappa shape index (κ1) is 13.5. The fraction of sp³-hybridized carbons (Fsp3) is 0.429. The van der Waals surface area contributed by atoms with Gasteiger partial charge >= 0.3 is 5.97 Å². The lowest BCUT2D eigenvalue weighted by Gasteiger charge is -2.27. The van der Waals surface area contributed by atoms with Gasteiger partial charge in [0.1, 0.15) is 11.4 Å². The van der Waals surface area contributed by atoms with Gasteiger partial charge in [-0.15, -0.1) is 0 Å². The van der Waals surface area contributed by atoms with Crippen LogP contribution < -0.4 is 5.32 Å². The third kappa shape index (κ3) is 2.33. The number of benzene rings is 1. The number of para-hydroxylation sites is 2. The number of hydrogen-bond acceptors (Lipinski definition) is 4. The van der Waals surface area contributed by atoms with Gasteiger partial charge < -0.3 is 14.6 Å². The van der Waals surface area contributed by atoms with E-state index in [1.807, 2.05) is 42.7 Å². The SMILES string of the molecule is CNC(C)(Cn1c(C)nc2ccccc21)C(=O)OC. The van der Waals surface area contributed by atoms with Crippen molar-refractivity contribution < 1.29 is 9.53 Å². The summed E-state index contributed by atoms with van der Waals surface area (Å²) in [5.74, 6) is 0.596. The molecule has 1 N–H and O–H groups in total. The molecule has 0 aliphatic heterocycles.